The van der Waals surface area contributed by atoms with Crippen molar-refractivity contribution in [3.63, 3.8) is 0 Å². The minimum atomic E-state index is -0.427. The molecule has 1 aromatic rings. The summed E-state index contributed by atoms with van der Waals surface area (Å²) in [6, 6.07) is 4.60. The fourth-order valence-corrected chi connectivity index (χ4v) is 2.25. The highest BCUT2D eigenvalue weighted by atomic mass is 16.6. The third kappa shape index (κ3) is 2.35. The van der Waals surface area contributed by atoms with Crippen molar-refractivity contribution in [2.24, 2.45) is 5.41 Å². The summed E-state index contributed by atoms with van der Waals surface area (Å²) >= 11 is 0. The zero-order chi connectivity index (χ0) is 14.2. The van der Waals surface area contributed by atoms with Crippen LogP contribution < -0.4 is 10.1 Å². The minimum absolute atomic E-state index is 0.00769. The molecule has 0 bridgehead atoms. The van der Waals surface area contributed by atoms with E-state index in [1.807, 2.05) is 13.8 Å². The molecule has 2 unspecified atom stereocenters. The average Bonchev–Trinajstić information content (AvgIpc) is 2.38. The maximum Gasteiger partial charge on any atom is 0.292 e. The van der Waals surface area contributed by atoms with E-state index in [9.17, 15) is 15.2 Å². The van der Waals surface area contributed by atoms with Gasteiger partial charge in [-0.1, -0.05) is 13.8 Å². The van der Waals surface area contributed by atoms with E-state index in [0.717, 1.165) is 0 Å². The fourth-order valence-electron chi connectivity index (χ4n) is 2.25. The Morgan fingerprint density at radius 2 is 2.21 bits per heavy atom. The number of hydrogen-bond donors (Lipinski definition) is 2. The molecule has 0 aromatic heterocycles. The Balaban J connectivity index is 2.26. The molecule has 0 spiro atoms. The van der Waals surface area contributed by atoms with Gasteiger partial charge in [0.2, 0.25) is 0 Å². The average molecular weight is 266 g/mol. The molecule has 1 aliphatic carbocycles. The first-order valence-electron chi connectivity index (χ1n) is 6.13. The summed E-state index contributed by atoms with van der Waals surface area (Å²) in [6.07, 6.45) is 0.205. The number of benzene rings is 1. The lowest BCUT2D eigenvalue weighted by molar-refractivity contribution is -0.384. The third-order valence-electron chi connectivity index (χ3n) is 3.95. The standard InChI is InChI=1S/C13H18N2O4/c1-13(2)11(7-12(13)16)14-9-6-8(19-3)4-5-10(9)15(17)18/h4-6,11-12,14,16H,7H2,1-3H3. The molecule has 1 saturated carbocycles. The van der Waals surface area contributed by atoms with E-state index in [4.69, 9.17) is 4.74 Å². The molecule has 6 nitrogen and oxygen atoms in total. The van der Waals surface area contributed by atoms with Crippen LogP contribution in [0.5, 0.6) is 5.75 Å². The van der Waals surface area contributed by atoms with Gasteiger partial charge in [0, 0.05) is 23.6 Å². The second kappa shape index (κ2) is 4.70. The number of nitrogens with one attached hydrogen (secondary N) is 1. The number of anilines is 1. The van der Waals surface area contributed by atoms with Gasteiger partial charge >= 0.3 is 0 Å². The second-order valence-electron chi connectivity index (χ2n) is 5.41. The molecule has 104 valence electrons. The Morgan fingerprint density at radius 3 is 2.68 bits per heavy atom. The van der Waals surface area contributed by atoms with Gasteiger partial charge < -0.3 is 15.2 Å². The van der Waals surface area contributed by atoms with Crippen molar-refractivity contribution in [2.75, 3.05) is 12.4 Å². The first-order chi connectivity index (χ1) is 8.86. The maximum atomic E-state index is 11.0. The molecule has 0 heterocycles. The monoisotopic (exact) mass is 266 g/mol. The number of hydrogen-bond acceptors (Lipinski definition) is 5. The van der Waals surface area contributed by atoms with Gasteiger partial charge in [-0.05, 0) is 12.5 Å². The summed E-state index contributed by atoms with van der Waals surface area (Å²) in [5.74, 6) is 0.561. The van der Waals surface area contributed by atoms with E-state index in [2.05, 4.69) is 5.32 Å². The second-order valence-corrected chi connectivity index (χ2v) is 5.41. The van der Waals surface area contributed by atoms with E-state index in [1.54, 1.807) is 12.1 Å². The van der Waals surface area contributed by atoms with E-state index in [0.29, 0.717) is 17.9 Å². The molecule has 0 radical (unpaired) electrons. The van der Waals surface area contributed by atoms with Crippen LogP contribution in [0.1, 0.15) is 20.3 Å². The van der Waals surface area contributed by atoms with E-state index in [1.165, 1.54) is 13.2 Å². The summed E-state index contributed by atoms with van der Waals surface area (Å²) in [4.78, 5) is 10.6. The smallest absolute Gasteiger partial charge is 0.292 e. The number of ether oxygens (including phenoxy) is 1. The van der Waals surface area contributed by atoms with Crippen molar-refractivity contribution < 1.29 is 14.8 Å². The van der Waals surface area contributed by atoms with Gasteiger partial charge in [-0.3, -0.25) is 10.1 Å². The molecule has 2 atom stereocenters. The van der Waals surface area contributed by atoms with Crippen molar-refractivity contribution in [1.29, 1.82) is 0 Å². The minimum Gasteiger partial charge on any atom is -0.497 e. The molecule has 6 heteroatoms. The van der Waals surface area contributed by atoms with Crippen LogP contribution in [-0.2, 0) is 0 Å². The Labute approximate surface area is 111 Å². The number of methoxy groups -OCH3 is 1. The predicted molar refractivity (Wildman–Crippen MR) is 71.5 cm³/mol. The first-order valence-corrected chi connectivity index (χ1v) is 6.13. The summed E-state index contributed by atoms with van der Waals surface area (Å²) in [5, 5.41) is 23.9. The summed E-state index contributed by atoms with van der Waals surface area (Å²) in [6.45, 7) is 3.87. The molecule has 1 aliphatic rings. The molecule has 2 N–H and O–H groups in total. The van der Waals surface area contributed by atoms with Crippen LogP contribution in [0.15, 0.2) is 18.2 Å². The van der Waals surface area contributed by atoms with E-state index in [-0.39, 0.29) is 23.2 Å². The van der Waals surface area contributed by atoms with Crippen LogP contribution >= 0.6 is 0 Å². The Bertz CT molecular complexity index is 501. The lowest BCUT2D eigenvalue weighted by Gasteiger charge is -2.49. The van der Waals surface area contributed by atoms with Crippen molar-refractivity contribution in [2.45, 2.75) is 32.4 Å². The zero-order valence-electron chi connectivity index (χ0n) is 11.2. The normalized spacial score (nSPS) is 24.4. The van der Waals surface area contributed by atoms with E-state index < -0.39 is 4.92 Å². The van der Waals surface area contributed by atoms with Crippen molar-refractivity contribution >= 4 is 11.4 Å². The van der Waals surface area contributed by atoms with Gasteiger partial charge in [0.15, 0.2) is 0 Å². The van der Waals surface area contributed by atoms with Crippen LogP contribution in [0.3, 0.4) is 0 Å². The fraction of sp³-hybridized carbons (Fsp3) is 0.538. The van der Waals surface area contributed by atoms with Crippen LogP contribution in [0.25, 0.3) is 0 Å². The Hall–Kier alpha value is -1.82. The lowest BCUT2D eigenvalue weighted by Crippen LogP contribution is -2.56. The molecular weight excluding hydrogens is 248 g/mol. The number of nitro groups is 1. The number of aliphatic hydroxyl groups excluding tert-OH is 1. The van der Waals surface area contributed by atoms with Gasteiger partial charge in [0.25, 0.3) is 5.69 Å². The van der Waals surface area contributed by atoms with Gasteiger partial charge in [-0.2, -0.15) is 0 Å². The summed E-state index contributed by atoms with van der Waals surface area (Å²) in [5.41, 5.74) is 0.143. The Morgan fingerprint density at radius 1 is 1.53 bits per heavy atom. The van der Waals surface area contributed by atoms with Crippen LogP contribution in [-0.4, -0.2) is 29.3 Å². The summed E-state index contributed by atoms with van der Waals surface area (Å²) < 4.78 is 5.08. The van der Waals surface area contributed by atoms with Gasteiger partial charge in [0.1, 0.15) is 11.4 Å². The SMILES string of the molecule is COc1ccc([N+](=O)[O-])c(NC2CC(O)C2(C)C)c1. The van der Waals surface area contributed by atoms with Gasteiger partial charge in [-0.25, -0.2) is 0 Å². The molecule has 2 rings (SSSR count). The first kappa shape index (κ1) is 13.6. The van der Waals surface area contributed by atoms with Crippen LogP contribution in [0.4, 0.5) is 11.4 Å². The highest BCUT2D eigenvalue weighted by molar-refractivity contribution is 5.65. The predicted octanol–water partition coefficient (Wildman–Crippen LogP) is 2.17. The third-order valence-corrected chi connectivity index (χ3v) is 3.95. The number of nitrogens with zero attached hydrogens (tertiary/aromatic N) is 1. The molecule has 0 amide bonds. The highest BCUT2D eigenvalue weighted by Gasteiger charge is 2.47. The molecular formula is C13H18N2O4. The van der Waals surface area contributed by atoms with E-state index >= 15 is 0 Å². The van der Waals surface area contributed by atoms with Crippen LogP contribution in [0.2, 0.25) is 0 Å². The van der Waals surface area contributed by atoms with Crippen molar-refractivity contribution in [1.82, 2.24) is 0 Å². The zero-order valence-corrected chi connectivity index (χ0v) is 11.2. The van der Waals surface area contributed by atoms with Crippen molar-refractivity contribution in [3.05, 3.63) is 28.3 Å². The molecule has 1 aromatic carbocycles. The van der Waals surface area contributed by atoms with Crippen LogP contribution in [0, 0.1) is 15.5 Å². The molecule has 19 heavy (non-hydrogen) atoms. The maximum absolute atomic E-state index is 11.0. The van der Waals surface area contributed by atoms with Gasteiger partial charge in [0.05, 0.1) is 18.1 Å². The highest BCUT2D eigenvalue weighted by Crippen LogP contribution is 2.43. The lowest BCUT2D eigenvalue weighted by atomic mass is 9.64. The number of aliphatic hydroxyl groups is 1. The summed E-state index contributed by atoms with van der Waals surface area (Å²) in [7, 11) is 1.52. The molecule has 0 aliphatic heterocycles. The quantitative estimate of drug-likeness (QED) is 0.644. The molecule has 0 saturated heterocycles. The topological polar surface area (TPSA) is 84.6 Å². The Kier molecular flexibility index (Phi) is 3.36. The van der Waals surface area contributed by atoms with Gasteiger partial charge in [-0.15, -0.1) is 0 Å². The molecule has 1 fully saturated rings. The number of nitro benzene ring substituents is 1. The largest absolute Gasteiger partial charge is 0.497 e. The van der Waals surface area contributed by atoms with Crippen molar-refractivity contribution in [3.8, 4) is 5.75 Å². The number of rotatable bonds is 4.